The largest absolute Gasteiger partial charge is 0.459 e. The number of aromatic nitrogens is 1. The van der Waals surface area contributed by atoms with Crippen molar-refractivity contribution in [1.82, 2.24) is 15.2 Å². The van der Waals surface area contributed by atoms with E-state index in [4.69, 9.17) is 28.4 Å². The number of benzene rings is 1. The maximum Gasteiger partial charge on any atom is 0.311 e. The van der Waals surface area contributed by atoms with Crippen molar-refractivity contribution in [2.75, 3.05) is 27.7 Å². The first kappa shape index (κ1) is 52.8. The van der Waals surface area contributed by atoms with Crippen LogP contribution in [0.3, 0.4) is 0 Å². The quantitative estimate of drug-likeness (QED) is 0.178. The summed E-state index contributed by atoms with van der Waals surface area (Å²) >= 11 is 0. The first-order chi connectivity index (χ1) is 30.3. The van der Waals surface area contributed by atoms with Crippen LogP contribution in [0.5, 0.6) is 0 Å². The van der Waals surface area contributed by atoms with Gasteiger partial charge in [0.2, 0.25) is 5.91 Å². The highest BCUT2D eigenvalue weighted by Crippen LogP contribution is 2.41. The molecule has 3 aliphatic rings. The van der Waals surface area contributed by atoms with E-state index in [9.17, 15) is 39.9 Å². The summed E-state index contributed by atoms with van der Waals surface area (Å²) in [6.45, 7) is 14.3. The Balaban J connectivity index is 1.52. The molecule has 5 rings (SSSR count). The molecule has 0 unspecified atom stereocenters. The highest BCUT2D eigenvalue weighted by Gasteiger charge is 2.53. The Morgan fingerprint density at radius 1 is 0.923 bits per heavy atom. The average molecular weight is 918 g/mol. The number of aliphatic hydroxyl groups is 5. The number of likely N-dealkylation sites (N-methyl/N-ethyl adjacent to an activating group) is 1. The van der Waals surface area contributed by atoms with Crippen molar-refractivity contribution in [2.45, 2.75) is 179 Å². The molecule has 366 valence electrons. The molecule has 0 spiro atoms. The lowest BCUT2D eigenvalue weighted by atomic mass is 9.74. The van der Waals surface area contributed by atoms with Crippen LogP contribution in [0.15, 0.2) is 36.5 Å². The van der Waals surface area contributed by atoms with Gasteiger partial charge in [0, 0.05) is 61.9 Å². The van der Waals surface area contributed by atoms with Gasteiger partial charge in [0.05, 0.1) is 59.6 Å². The molecule has 1 aromatic carbocycles. The summed E-state index contributed by atoms with van der Waals surface area (Å²) in [6, 6.07) is 8.85. The van der Waals surface area contributed by atoms with Crippen LogP contribution in [0.1, 0.15) is 93.6 Å². The molecule has 1 amide bonds. The molecule has 17 heteroatoms. The van der Waals surface area contributed by atoms with E-state index in [1.807, 2.05) is 50.2 Å². The molecule has 4 heterocycles. The van der Waals surface area contributed by atoms with Gasteiger partial charge in [-0.15, -0.1) is 0 Å². The van der Waals surface area contributed by atoms with Crippen molar-refractivity contribution in [1.29, 1.82) is 0 Å². The number of carbonyl (C=O) groups excluding carboxylic acids is 3. The molecule has 0 aliphatic carbocycles. The van der Waals surface area contributed by atoms with Crippen molar-refractivity contribution in [2.24, 2.45) is 23.7 Å². The lowest BCUT2D eigenvalue weighted by molar-refractivity contribution is -0.318. The number of nitrogens with zero attached hydrogens (tertiary/aromatic N) is 2. The predicted octanol–water partition coefficient (Wildman–Crippen LogP) is 2.67. The standard InChI is InChI=1S/C48H75N3O14/c1-25-23-46(7,58)43(65-45-39(54)34(51(10)11)21-26(2)61-45)28(4)40(64-37-24-47(8,60-12)42(56)30(6)62-37)29(5)44(57)63-35(48(9,59)41(55)27(3)38(25)53)18-20-50-36(52)22-31-17-19-49-33-16-14-13-15-32(31)33/h13-17,19,25-30,34-35,37,39-43,45,54-56,58-59H,18,20-24H2,1-12H3,(H,50,52)/t25-,26-,27+,28+,29-,30+,34+,35-,37+,39-,40+,41-,42+,43-,45-,46-,47-,48-/m1/s1. The van der Waals surface area contributed by atoms with Gasteiger partial charge >= 0.3 is 5.97 Å². The highest BCUT2D eigenvalue weighted by molar-refractivity contribution is 5.88. The van der Waals surface area contributed by atoms with E-state index in [2.05, 4.69) is 10.3 Å². The van der Waals surface area contributed by atoms with Gasteiger partial charge in [-0.25, -0.2) is 0 Å². The lowest BCUT2D eigenvalue weighted by Gasteiger charge is -2.49. The number of hydrogen-bond donors (Lipinski definition) is 6. The molecular formula is C48H75N3O14. The summed E-state index contributed by atoms with van der Waals surface area (Å²) in [7, 11) is 5.14. The van der Waals surface area contributed by atoms with Crippen LogP contribution in [0.25, 0.3) is 10.9 Å². The minimum Gasteiger partial charge on any atom is -0.459 e. The third-order valence-corrected chi connectivity index (χ3v) is 14.3. The third kappa shape index (κ3) is 11.9. The van der Waals surface area contributed by atoms with Crippen LogP contribution in [0, 0.1) is 23.7 Å². The van der Waals surface area contributed by atoms with Gasteiger partial charge in [0.25, 0.3) is 0 Å². The number of ketones is 1. The van der Waals surface area contributed by atoms with E-state index in [0.29, 0.717) is 6.42 Å². The number of para-hydroxylation sites is 1. The second kappa shape index (κ2) is 21.4. The van der Waals surface area contributed by atoms with Crippen LogP contribution in [0.2, 0.25) is 0 Å². The molecule has 65 heavy (non-hydrogen) atoms. The molecule has 0 radical (unpaired) electrons. The normalized spacial score (nSPS) is 41.5. The molecular weight excluding hydrogens is 843 g/mol. The molecule has 3 aliphatic heterocycles. The van der Waals surface area contributed by atoms with E-state index in [1.54, 1.807) is 46.9 Å². The number of pyridine rings is 1. The van der Waals surface area contributed by atoms with Crippen LogP contribution in [0.4, 0.5) is 0 Å². The Morgan fingerprint density at radius 2 is 1.60 bits per heavy atom. The summed E-state index contributed by atoms with van der Waals surface area (Å²) in [6.07, 6.45) is -9.46. The van der Waals surface area contributed by atoms with Gasteiger partial charge in [-0.3, -0.25) is 19.4 Å². The number of hydrogen-bond acceptors (Lipinski definition) is 16. The van der Waals surface area contributed by atoms with Crippen LogP contribution in [-0.2, 0) is 49.2 Å². The maximum atomic E-state index is 14.7. The number of methoxy groups -OCH3 is 1. The number of fused-ring (bicyclic) bond motifs is 1. The number of ether oxygens (including phenoxy) is 6. The summed E-state index contributed by atoms with van der Waals surface area (Å²) in [4.78, 5) is 48.5. The van der Waals surface area contributed by atoms with Gasteiger partial charge in [-0.1, -0.05) is 39.0 Å². The Morgan fingerprint density at radius 3 is 2.26 bits per heavy atom. The topological polar surface area (TPSA) is 236 Å². The fraction of sp³-hybridized carbons (Fsp3) is 0.750. The number of carbonyl (C=O) groups is 3. The lowest BCUT2D eigenvalue weighted by Crippen LogP contribution is -2.61. The SMILES string of the molecule is CO[C@]1(C)C[C@H](O[C@H]2[C@H](C)[C@@H](O[C@H]3O[C@H](C)C[C@H](N(C)C)[C@H]3O)[C@](C)(O)C[C@@H](C)C(=O)[C@H](C)[C@@H](O)[C@](C)(O)[C@@H](CCNC(=O)Cc3ccnc4ccccc34)OC(=O)[C@@H]2C)O[C@@H](C)[C@@H]1O. The minimum atomic E-state index is -2.22. The van der Waals surface area contributed by atoms with Gasteiger partial charge < -0.3 is 64.2 Å². The Bertz CT molecular complexity index is 1930. The molecule has 3 fully saturated rings. The molecule has 0 saturated carbocycles. The molecule has 0 bridgehead atoms. The fourth-order valence-electron chi connectivity index (χ4n) is 10.2. The second-order valence-electron chi connectivity index (χ2n) is 19.9. The number of aliphatic hydroxyl groups excluding tert-OH is 3. The minimum absolute atomic E-state index is 0.0233. The van der Waals surface area contributed by atoms with Crippen molar-refractivity contribution in [3.05, 3.63) is 42.1 Å². The smallest absolute Gasteiger partial charge is 0.311 e. The molecule has 2 aromatic rings. The number of nitrogens with one attached hydrogen (secondary N) is 1. The molecule has 17 nitrogen and oxygen atoms in total. The number of cyclic esters (lactones) is 1. The zero-order chi connectivity index (χ0) is 48.3. The Hall–Kier alpha value is -3.20. The molecule has 18 atom stereocenters. The first-order valence-corrected chi connectivity index (χ1v) is 23.0. The summed E-state index contributed by atoms with van der Waals surface area (Å²) in [5.41, 5.74) is -3.71. The number of Topliss-reactive ketones (excluding diaryl/α,β-unsaturated/α-hetero) is 1. The summed E-state index contributed by atoms with van der Waals surface area (Å²) in [5.74, 6) is -5.94. The third-order valence-electron chi connectivity index (χ3n) is 14.3. The van der Waals surface area contributed by atoms with Crippen LogP contribution < -0.4 is 5.32 Å². The zero-order valence-corrected chi connectivity index (χ0v) is 40.2. The second-order valence-corrected chi connectivity index (χ2v) is 19.9. The Labute approximate surface area is 383 Å². The van der Waals surface area contributed by atoms with Crippen LogP contribution >= 0.6 is 0 Å². The first-order valence-electron chi connectivity index (χ1n) is 23.0. The van der Waals surface area contributed by atoms with E-state index >= 15 is 0 Å². The van der Waals surface area contributed by atoms with E-state index in [1.165, 1.54) is 27.9 Å². The van der Waals surface area contributed by atoms with Gasteiger partial charge in [-0.2, -0.15) is 0 Å². The monoisotopic (exact) mass is 918 g/mol. The number of amides is 1. The number of esters is 1. The highest BCUT2D eigenvalue weighted by atomic mass is 16.7. The van der Waals surface area contributed by atoms with Crippen LogP contribution in [-0.4, -0.2) is 165 Å². The number of rotatable bonds is 11. The van der Waals surface area contributed by atoms with Crippen molar-refractivity contribution >= 4 is 28.6 Å². The Kier molecular flexibility index (Phi) is 17.4. The molecule has 1 aromatic heterocycles. The zero-order valence-electron chi connectivity index (χ0n) is 40.2. The molecule has 3 saturated heterocycles. The summed E-state index contributed by atoms with van der Waals surface area (Å²) < 4.78 is 37.7. The van der Waals surface area contributed by atoms with E-state index in [-0.39, 0.29) is 50.3 Å². The molecule has 6 N–H and O–H groups in total. The fourth-order valence-corrected chi connectivity index (χ4v) is 10.2. The van der Waals surface area contributed by atoms with Crippen molar-refractivity contribution in [3.8, 4) is 0 Å². The van der Waals surface area contributed by atoms with Crippen molar-refractivity contribution < 1.29 is 68.3 Å². The predicted molar refractivity (Wildman–Crippen MR) is 239 cm³/mol. The van der Waals surface area contributed by atoms with Gasteiger partial charge in [0.1, 0.15) is 29.7 Å². The summed E-state index contributed by atoms with van der Waals surface area (Å²) in [5, 5.41) is 62.9. The average Bonchev–Trinajstić information content (AvgIpc) is 3.25. The van der Waals surface area contributed by atoms with E-state index < -0.39 is 108 Å². The van der Waals surface area contributed by atoms with Gasteiger partial charge in [-0.05, 0) is 86.2 Å². The maximum absolute atomic E-state index is 14.7. The van der Waals surface area contributed by atoms with Crippen molar-refractivity contribution in [3.63, 3.8) is 0 Å². The van der Waals surface area contributed by atoms with E-state index in [0.717, 1.165) is 16.5 Å². The van der Waals surface area contributed by atoms with Gasteiger partial charge in [0.15, 0.2) is 12.6 Å².